The Bertz CT molecular complexity index is 5540. The Kier molecular flexibility index (Phi) is 15.5. The van der Waals surface area contributed by atoms with E-state index >= 15 is 0 Å². The molecule has 0 aliphatic carbocycles. The summed E-state index contributed by atoms with van der Waals surface area (Å²) in [6.07, 6.45) is 0. The standard InChI is InChI=1S/C94H83BN4SSe/c1-91(2,3)63-36-44-67(45-37-63)96(68-46-38-64(39-47-68)92(4,5)6)71-52-53-77-85(57-71)101-86-58-72(98-78-32-22-19-29-73(78)74-30-20-23-33-79(74)98)56-82-88(86)95(77)89-83(99(82)80-54-35-62(60-25-15-13-16-26-60)55-76(80)61-27-17-14-18-28-61)59-81(87-75-31-21-24-34-84(75)100-90(87)89)97(69-48-40-65(41-49-69)93(7,8)9)70-50-42-66(43-51-70)94(10,11)12/h13-59H,1-12H3. The van der Waals surface area contributed by atoms with Crippen molar-refractivity contribution in [3.8, 4) is 27.9 Å². The van der Waals surface area contributed by atoms with Gasteiger partial charge >= 0.3 is 558 Å². The van der Waals surface area contributed by atoms with Crippen LogP contribution in [0.1, 0.15) is 105 Å². The molecule has 2 aromatic heterocycles. The summed E-state index contributed by atoms with van der Waals surface area (Å²) >= 11 is 1.79. The second-order valence-corrected chi connectivity index (χ2v) is 35.1. The molecule has 15 aromatic rings. The number of nitrogens with zero attached hydrogens (tertiary/aromatic N) is 4. The third kappa shape index (κ3) is 11.2. The molecule has 101 heavy (non-hydrogen) atoms. The van der Waals surface area contributed by atoms with Crippen LogP contribution in [0.2, 0.25) is 0 Å². The Morgan fingerprint density at radius 1 is 0.347 bits per heavy atom. The number of hydrogen-bond acceptors (Lipinski definition) is 4. The summed E-state index contributed by atoms with van der Waals surface area (Å²) < 4.78 is 7.88. The SMILES string of the molecule is CC(C)(C)c1ccc(N(c2ccc(C(C)(C)C)cc2)c2ccc3c(c2)[Se]c2cc(-n4c5ccccc5c5ccccc54)cc4c2B3c2c(cc(N(c3ccc(C(C)(C)C)cc3)c3ccc(C(C)(C)C)cc3)c3c2sc2ccccc23)N4c2ccc(-c3ccccc3)cc2-c2ccccc2)cc1. The van der Waals surface area contributed by atoms with Gasteiger partial charge in [0.25, 0.3) is 0 Å². The molecule has 0 bridgehead atoms. The van der Waals surface area contributed by atoms with Crippen molar-refractivity contribution >= 4 is 151 Å². The van der Waals surface area contributed by atoms with Gasteiger partial charge in [-0.2, -0.15) is 0 Å². The molecule has 17 rings (SSSR count). The van der Waals surface area contributed by atoms with Gasteiger partial charge in [0.1, 0.15) is 0 Å². The molecule has 0 saturated heterocycles. The fourth-order valence-corrected chi connectivity index (χ4v) is 19.6. The number of anilines is 9. The van der Waals surface area contributed by atoms with Crippen LogP contribution in [0.5, 0.6) is 0 Å². The van der Waals surface area contributed by atoms with Crippen LogP contribution in [0.4, 0.5) is 51.2 Å². The van der Waals surface area contributed by atoms with Crippen molar-refractivity contribution in [3.05, 3.63) is 307 Å². The predicted molar refractivity (Wildman–Crippen MR) is 440 cm³/mol. The van der Waals surface area contributed by atoms with Gasteiger partial charge in [-0.3, -0.25) is 0 Å². The molecule has 0 fully saturated rings. The first-order valence-electron chi connectivity index (χ1n) is 35.7. The third-order valence-electron chi connectivity index (χ3n) is 21.1. The summed E-state index contributed by atoms with van der Waals surface area (Å²) in [4.78, 5) is 7.79. The van der Waals surface area contributed by atoms with E-state index in [2.05, 4.69) is 387 Å². The zero-order chi connectivity index (χ0) is 69.4. The van der Waals surface area contributed by atoms with Gasteiger partial charge in [0.05, 0.1) is 0 Å². The van der Waals surface area contributed by atoms with Crippen LogP contribution in [0.15, 0.2) is 285 Å². The molecular weight excluding hydrogens is 1310 g/mol. The molecule has 0 amide bonds. The quantitative estimate of drug-likeness (QED) is 0.127. The second kappa shape index (κ2) is 24.3. The second-order valence-electron chi connectivity index (χ2n) is 31.8. The number of rotatable bonds is 10. The zero-order valence-corrected chi connectivity index (χ0v) is 62.3. The van der Waals surface area contributed by atoms with Gasteiger partial charge in [-0.25, -0.2) is 0 Å². The van der Waals surface area contributed by atoms with Crippen molar-refractivity contribution in [1.29, 1.82) is 0 Å². The summed E-state index contributed by atoms with van der Waals surface area (Å²) in [7, 11) is 0. The molecule has 4 heterocycles. The van der Waals surface area contributed by atoms with Crippen LogP contribution in [0, 0.1) is 0 Å². The Hall–Kier alpha value is -10.1. The van der Waals surface area contributed by atoms with Gasteiger partial charge in [-0.1, -0.05) is 41.5 Å². The molecule has 0 spiro atoms. The van der Waals surface area contributed by atoms with E-state index in [4.69, 9.17) is 0 Å². The normalized spacial score (nSPS) is 13.1. The zero-order valence-electron chi connectivity index (χ0n) is 59.8. The average Bonchev–Trinajstić information content (AvgIpc) is 1.66. The fraction of sp³-hybridized carbons (Fsp3) is 0.170. The van der Waals surface area contributed by atoms with Gasteiger partial charge < -0.3 is 0 Å². The first kappa shape index (κ1) is 64.3. The predicted octanol–water partition coefficient (Wildman–Crippen LogP) is 22.9. The molecular formula is C94H83BN4SSe. The van der Waals surface area contributed by atoms with Crippen molar-refractivity contribution in [2.45, 2.75) is 105 Å². The van der Waals surface area contributed by atoms with Gasteiger partial charge in [0.15, 0.2) is 0 Å². The van der Waals surface area contributed by atoms with Crippen molar-refractivity contribution < 1.29 is 0 Å². The summed E-state index contributed by atoms with van der Waals surface area (Å²) in [5.74, 6) is 0. The number of fused-ring (bicyclic) bond motifs is 11. The van der Waals surface area contributed by atoms with Crippen LogP contribution in [-0.4, -0.2) is 26.2 Å². The van der Waals surface area contributed by atoms with E-state index in [0.717, 1.165) is 62.3 Å². The molecule has 7 heteroatoms. The third-order valence-corrected chi connectivity index (χ3v) is 24.6. The van der Waals surface area contributed by atoms with Crippen LogP contribution in [0.25, 0.3) is 69.9 Å². The number of benzene rings is 13. The molecule has 0 N–H and O–H groups in total. The van der Waals surface area contributed by atoms with E-state index in [-0.39, 0.29) is 43.3 Å². The fourth-order valence-electron chi connectivity index (χ4n) is 15.7. The van der Waals surface area contributed by atoms with E-state index in [0.29, 0.717) is 0 Å². The first-order chi connectivity index (χ1) is 48.6. The van der Waals surface area contributed by atoms with E-state index in [9.17, 15) is 0 Å². The molecule has 4 nitrogen and oxygen atoms in total. The molecule has 2 aliphatic heterocycles. The Balaban J connectivity index is 1.01. The molecule has 0 saturated carbocycles. The minimum absolute atomic E-state index is 0.00522. The first-order valence-corrected chi connectivity index (χ1v) is 38.2. The summed E-state index contributed by atoms with van der Waals surface area (Å²) in [6.45, 7) is 27.6. The van der Waals surface area contributed by atoms with Gasteiger partial charge in [-0.15, -0.1) is 0 Å². The molecule has 2 aliphatic rings. The monoisotopic (exact) mass is 1390 g/mol. The van der Waals surface area contributed by atoms with Crippen molar-refractivity contribution in [1.82, 2.24) is 4.57 Å². The van der Waals surface area contributed by atoms with Crippen LogP contribution >= 0.6 is 11.3 Å². The van der Waals surface area contributed by atoms with Crippen LogP contribution in [-0.2, 0) is 21.7 Å². The topological polar surface area (TPSA) is 14.7 Å². The van der Waals surface area contributed by atoms with Gasteiger partial charge in [-0.05, 0) is 10.8 Å². The van der Waals surface area contributed by atoms with E-state index in [1.54, 1.807) is 0 Å². The summed E-state index contributed by atoms with van der Waals surface area (Å²) in [6, 6.07) is 109. The van der Waals surface area contributed by atoms with E-state index in [1.807, 2.05) is 11.3 Å². The average molecular weight is 1390 g/mol. The number of thiophene rings is 1. The van der Waals surface area contributed by atoms with E-state index < -0.39 is 0 Å². The summed E-state index contributed by atoms with van der Waals surface area (Å²) in [5, 5.41) is 5.00. The molecule has 13 aromatic carbocycles. The van der Waals surface area contributed by atoms with Crippen LogP contribution in [0.3, 0.4) is 0 Å². The minimum atomic E-state index is -0.171. The summed E-state index contributed by atoms with van der Waals surface area (Å²) in [5.41, 5.74) is 27.7. The maximum atomic E-state index is 2.72. The molecule has 0 atom stereocenters. The number of aromatic nitrogens is 1. The van der Waals surface area contributed by atoms with Crippen molar-refractivity contribution in [3.63, 3.8) is 0 Å². The van der Waals surface area contributed by atoms with Crippen molar-refractivity contribution in [2.24, 2.45) is 0 Å². The number of para-hydroxylation sites is 2. The maximum absolute atomic E-state index is 2.72. The molecule has 0 radical (unpaired) electrons. The molecule has 494 valence electrons. The van der Waals surface area contributed by atoms with Gasteiger partial charge in [0, 0.05) is 0 Å². The van der Waals surface area contributed by atoms with Crippen LogP contribution < -0.4 is 40.0 Å². The van der Waals surface area contributed by atoms with Gasteiger partial charge in [0.2, 0.25) is 0 Å². The Morgan fingerprint density at radius 3 is 1.33 bits per heavy atom. The number of hydrogen-bond donors (Lipinski definition) is 0. The Labute approximate surface area is 606 Å². The van der Waals surface area contributed by atoms with Crippen molar-refractivity contribution in [2.75, 3.05) is 14.7 Å². The van der Waals surface area contributed by atoms with E-state index in [1.165, 1.54) is 106 Å². The molecule has 0 unspecified atom stereocenters. The Morgan fingerprint density at radius 2 is 0.802 bits per heavy atom.